The van der Waals surface area contributed by atoms with Gasteiger partial charge in [0.1, 0.15) is 5.82 Å². The molecule has 3 nitrogen and oxygen atoms in total. The zero-order valence-corrected chi connectivity index (χ0v) is 28.7. The Hall–Kier alpha value is -7.10. The third kappa shape index (κ3) is 4.75. The number of aromatic nitrogens is 3. The fraction of sp³-hybridized carbons (Fsp3) is 0. The molecule has 2 heterocycles. The first-order chi connectivity index (χ1) is 26.3. The molecule has 9 aromatic carbocycles. The van der Waals surface area contributed by atoms with Crippen LogP contribution in [0.5, 0.6) is 0 Å². The second-order valence-electron chi connectivity index (χ2n) is 13.8. The van der Waals surface area contributed by atoms with Crippen LogP contribution in [0.3, 0.4) is 0 Å². The molecule has 0 saturated carbocycles. The van der Waals surface area contributed by atoms with Crippen LogP contribution in [0.4, 0.5) is 0 Å². The van der Waals surface area contributed by atoms with Crippen LogP contribution in [-0.2, 0) is 0 Å². The Balaban J connectivity index is 1.05. The Morgan fingerprint density at radius 3 is 1.42 bits per heavy atom. The largest absolute Gasteiger partial charge is 0.294 e. The first kappa shape index (κ1) is 29.6. The van der Waals surface area contributed by atoms with Crippen LogP contribution >= 0.6 is 0 Å². The lowest BCUT2D eigenvalue weighted by atomic mass is 9.91. The molecule has 0 amide bonds. The van der Waals surface area contributed by atoms with Crippen LogP contribution in [0.15, 0.2) is 188 Å². The van der Waals surface area contributed by atoms with Gasteiger partial charge in [0.05, 0.1) is 16.7 Å². The van der Waals surface area contributed by atoms with Gasteiger partial charge in [0.2, 0.25) is 0 Å². The van der Waals surface area contributed by atoms with Crippen molar-refractivity contribution in [3.8, 4) is 39.6 Å². The van der Waals surface area contributed by atoms with E-state index >= 15 is 0 Å². The quantitative estimate of drug-likeness (QED) is 0.174. The maximum absolute atomic E-state index is 5.19. The molecule has 0 aliphatic carbocycles. The molecule has 246 valence electrons. The first-order valence-electron chi connectivity index (χ1n) is 18.1. The number of para-hydroxylation sites is 2. The van der Waals surface area contributed by atoms with E-state index in [0.717, 1.165) is 33.7 Å². The van der Waals surface area contributed by atoms with Crippen LogP contribution < -0.4 is 0 Å². The van der Waals surface area contributed by atoms with Gasteiger partial charge in [0, 0.05) is 28.0 Å². The molecular weight excluding hydrogens is 643 g/mol. The fourth-order valence-electron chi connectivity index (χ4n) is 8.25. The number of nitrogens with zero attached hydrogens (tertiary/aromatic N) is 3. The summed E-state index contributed by atoms with van der Waals surface area (Å²) in [5.74, 6) is 1.55. The molecule has 53 heavy (non-hydrogen) atoms. The van der Waals surface area contributed by atoms with E-state index in [1.54, 1.807) is 0 Å². The predicted octanol–water partition coefficient (Wildman–Crippen LogP) is 13.2. The van der Waals surface area contributed by atoms with Crippen molar-refractivity contribution >= 4 is 64.9 Å². The Labute approximate surface area is 306 Å². The van der Waals surface area contributed by atoms with Gasteiger partial charge >= 0.3 is 0 Å². The van der Waals surface area contributed by atoms with Gasteiger partial charge in [0.15, 0.2) is 5.82 Å². The van der Waals surface area contributed by atoms with Gasteiger partial charge < -0.3 is 0 Å². The second-order valence-corrected chi connectivity index (χ2v) is 13.8. The lowest BCUT2D eigenvalue weighted by Gasteiger charge is -2.13. The van der Waals surface area contributed by atoms with Crippen molar-refractivity contribution in [1.29, 1.82) is 0 Å². The van der Waals surface area contributed by atoms with Gasteiger partial charge in [-0.3, -0.25) is 4.57 Å². The molecule has 0 bridgehead atoms. The molecule has 11 aromatic rings. The van der Waals surface area contributed by atoms with Gasteiger partial charge in [-0.1, -0.05) is 152 Å². The minimum atomic E-state index is 0.701. The summed E-state index contributed by atoms with van der Waals surface area (Å²) in [6.07, 6.45) is 0. The average molecular weight is 674 g/mol. The van der Waals surface area contributed by atoms with E-state index in [-0.39, 0.29) is 0 Å². The molecule has 0 saturated heterocycles. The summed E-state index contributed by atoms with van der Waals surface area (Å²) in [6.45, 7) is 0. The number of hydrogen-bond donors (Lipinski definition) is 0. The Morgan fingerprint density at radius 2 is 0.774 bits per heavy atom. The topological polar surface area (TPSA) is 30.7 Å². The zero-order chi connectivity index (χ0) is 34.9. The third-order valence-electron chi connectivity index (χ3n) is 10.8. The third-order valence-corrected chi connectivity index (χ3v) is 10.8. The summed E-state index contributed by atoms with van der Waals surface area (Å²) >= 11 is 0. The number of fused-ring (bicyclic) bond motifs is 10. The molecule has 11 rings (SSSR count). The van der Waals surface area contributed by atoms with E-state index in [1.165, 1.54) is 65.0 Å². The minimum Gasteiger partial charge on any atom is -0.294 e. The van der Waals surface area contributed by atoms with E-state index in [1.807, 2.05) is 18.2 Å². The van der Waals surface area contributed by atoms with Crippen LogP contribution in [-0.4, -0.2) is 14.5 Å². The predicted molar refractivity (Wildman–Crippen MR) is 223 cm³/mol. The highest BCUT2D eigenvalue weighted by molar-refractivity contribution is 6.25. The normalized spacial score (nSPS) is 11.8. The number of benzene rings is 9. The monoisotopic (exact) mass is 673 g/mol. The molecule has 0 fully saturated rings. The second kappa shape index (κ2) is 11.7. The van der Waals surface area contributed by atoms with Gasteiger partial charge in [-0.15, -0.1) is 0 Å². The highest BCUT2D eigenvalue weighted by Crippen LogP contribution is 2.38. The molecule has 0 atom stereocenters. The highest BCUT2D eigenvalue weighted by Gasteiger charge is 2.17. The molecule has 3 heteroatoms. The summed E-state index contributed by atoms with van der Waals surface area (Å²) in [5.41, 5.74) is 7.58. The van der Waals surface area contributed by atoms with Crippen LogP contribution in [0.25, 0.3) is 104 Å². The Bertz CT molecular complexity index is 3140. The summed E-state index contributed by atoms with van der Waals surface area (Å²) in [7, 11) is 0. The van der Waals surface area contributed by atoms with Crippen molar-refractivity contribution in [3.63, 3.8) is 0 Å². The zero-order valence-electron chi connectivity index (χ0n) is 28.7. The molecule has 0 N–H and O–H groups in total. The van der Waals surface area contributed by atoms with E-state index in [4.69, 9.17) is 9.97 Å². The maximum atomic E-state index is 5.19. The lowest BCUT2D eigenvalue weighted by Crippen LogP contribution is -2.02. The van der Waals surface area contributed by atoms with Crippen LogP contribution in [0.1, 0.15) is 0 Å². The van der Waals surface area contributed by atoms with Crippen molar-refractivity contribution in [2.45, 2.75) is 0 Å². The molecule has 2 aromatic heterocycles. The fourth-order valence-corrected chi connectivity index (χ4v) is 8.25. The van der Waals surface area contributed by atoms with Gasteiger partial charge in [-0.2, -0.15) is 0 Å². The van der Waals surface area contributed by atoms with Crippen LogP contribution in [0.2, 0.25) is 0 Å². The summed E-state index contributed by atoms with van der Waals surface area (Å²) < 4.78 is 2.27. The SMILES string of the molecule is c1ccc(-c2nc(-c3ccc4cc(-c5ccc6c7ccccc7c7ccccc7c6c5)ccc4c3)cc(-n3c4ccccc4c4ccccc43)n2)cc1. The first-order valence-corrected chi connectivity index (χ1v) is 18.1. The van der Waals surface area contributed by atoms with Crippen molar-refractivity contribution in [2.75, 3.05) is 0 Å². The number of hydrogen-bond acceptors (Lipinski definition) is 2. The van der Waals surface area contributed by atoms with Crippen molar-refractivity contribution < 1.29 is 0 Å². The van der Waals surface area contributed by atoms with Crippen molar-refractivity contribution in [3.05, 3.63) is 188 Å². The molecule has 0 radical (unpaired) electrons. The van der Waals surface area contributed by atoms with Crippen LogP contribution in [0, 0.1) is 0 Å². The Kier molecular flexibility index (Phi) is 6.55. The smallest absolute Gasteiger partial charge is 0.162 e. The van der Waals surface area contributed by atoms with E-state index in [9.17, 15) is 0 Å². The van der Waals surface area contributed by atoms with Gasteiger partial charge in [-0.05, 0) is 84.5 Å². The Morgan fingerprint density at radius 1 is 0.302 bits per heavy atom. The van der Waals surface area contributed by atoms with Gasteiger partial charge in [0.25, 0.3) is 0 Å². The van der Waals surface area contributed by atoms with Gasteiger partial charge in [-0.25, -0.2) is 9.97 Å². The van der Waals surface area contributed by atoms with E-state index < -0.39 is 0 Å². The van der Waals surface area contributed by atoms with E-state index in [2.05, 4.69) is 174 Å². The highest BCUT2D eigenvalue weighted by atomic mass is 15.1. The average Bonchev–Trinajstić information content (AvgIpc) is 3.58. The minimum absolute atomic E-state index is 0.701. The molecular formula is C50H31N3. The number of rotatable bonds is 4. The molecule has 0 aliphatic rings. The van der Waals surface area contributed by atoms with E-state index in [0.29, 0.717) is 5.82 Å². The summed E-state index contributed by atoms with van der Waals surface area (Å²) in [4.78, 5) is 10.4. The lowest BCUT2D eigenvalue weighted by molar-refractivity contribution is 1.05. The maximum Gasteiger partial charge on any atom is 0.162 e. The standard InChI is InChI=1S/C50H31N3/c1-2-12-32(13-3-1)50-51-46(31-49(52-50)53-47-20-10-8-18-43(47)44-19-9-11-21-48(44)53)37-25-24-33-28-34(22-23-35(33)29-37)36-26-27-42-40-16-5-4-14-38(40)39-15-6-7-17-41(39)45(42)30-36/h1-31H. The van der Waals surface area contributed by atoms with Crippen molar-refractivity contribution in [2.24, 2.45) is 0 Å². The summed E-state index contributed by atoms with van der Waals surface area (Å²) in [6, 6.07) is 67.4. The molecule has 0 spiro atoms. The van der Waals surface area contributed by atoms with Crippen molar-refractivity contribution in [1.82, 2.24) is 14.5 Å². The summed E-state index contributed by atoms with van der Waals surface area (Å²) in [5, 5.41) is 12.5. The molecule has 0 aliphatic heterocycles. The molecule has 0 unspecified atom stereocenters.